The number of hydrogen-bond donors (Lipinski definition) is 2. The summed E-state index contributed by atoms with van der Waals surface area (Å²) in [5, 5.41) is 5.30. The second-order valence-corrected chi connectivity index (χ2v) is 3.94. The third-order valence-electron chi connectivity index (χ3n) is 2.47. The average Bonchev–Trinajstić information content (AvgIpc) is 2.56. The van der Waals surface area contributed by atoms with E-state index in [-0.39, 0.29) is 24.3 Å². The SMILES string of the molecule is CCCCOCCCNC1CC(=O)NC1=O. The highest BCUT2D eigenvalue weighted by atomic mass is 16.5. The van der Waals surface area contributed by atoms with Crippen molar-refractivity contribution in [2.45, 2.75) is 38.6 Å². The van der Waals surface area contributed by atoms with E-state index in [1.807, 2.05) is 0 Å². The van der Waals surface area contributed by atoms with Crippen LogP contribution in [-0.4, -0.2) is 37.6 Å². The Bertz CT molecular complexity index is 243. The van der Waals surface area contributed by atoms with Crippen molar-refractivity contribution in [3.05, 3.63) is 0 Å². The molecule has 1 aliphatic rings. The zero-order chi connectivity index (χ0) is 11.8. The number of rotatable bonds is 8. The highest BCUT2D eigenvalue weighted by Gasteiger charge is 2.29. The Morgan fingerprint density at radius 2 is 2.12 bits per heavy atom. The van der Waals surface area contributed by atoms with Crippen LogP contribution in [0.4, 0.5) is 0 Å². The Kier molecular flexibility index (Phi) is 6.03. The minimum Gasteiger partial charge on any atom is -0.381 e. The quantitative estimate of drug-likeness (QED) is 0.460. The monoisotopic (exact) mass is 228 g/mol. The van der Waals surface area contributed by atoms with E-state index >= 15 is 0 Å². The predicted octanol–water partition coefficient (Wildman–Crippen LogP) is 0.198. The second kappa shape index (κ2) is 7.35. The summed E-state index contributed by atoms with van der Waals surface area (Å²) < 4.78 is 5.38. The minimum absolute atomic E-state index is 0.193. The Morgan fingerprint density at radius 1 is 1.38 bits per heavy atom. The van der Waals surface area contributed by atoms with Gasteiger partial charge in [-0.1, -0.05) is 13.3 Å². The number of carbonyl (C=O) groups excluding carboxylic acids is 2. The second-order valence-electron chi connectivity index (χ2n) is 3.94. The topological polar surface area (TPSA) is 67.4 Å². The predicted molar refractivity (Wildman–Crippen MR) is 59.9 cm³/mol. The van der Waals surface area contributed by atoms with Crippen LogP contribution in [0.3, 0.4) is 0 Å². The Labute approximate surface area is 95.9 Å². The maximum atomic E-state index is 11.2. The molecule has 1 heterocycles. The lowest BCUT2D eigenvalue weighted by molar-refractivity contribution is -0.125. The largest absolute Gasteiger partial charge is 0.381 e. The molecule has 1 saturated heterocycles. The molecule has 0 radical (unpaired) electrons. The van der Waals surface area contributed by atoms with E-state index in [1.165, 1.54) is 0 Å². The van der Waals surface area contributed by atoms with Crippen molar-refractivity contribution in [1.29, 1.82) is 0 Å². The molecule has 0 aromatic rings. The number of ether oxygens (including phenoxy) is 1. The molecule has 2 amide bonds. The fourth-order valence-electron chi connectivity index (χ4n) is 1.52. The summed E-state index contributed by atoms with van der Waals surface area (Å²) in [5.41, 5.74) is 0. The van der Waals surface area contributed by atoms with Gasteiger partial charge in [-0.15, -0.1) is 0 Å². The molecule has 1 unspecified atom stereocenters. The standard InChI is InChI=1S/C11H20N2O3/c1-2-3-6-16-7-4-5-12-9-8-10(14)13-11(9)15/h9,12H,2-8H2,1H3,(H,13,14,15). The third kappa shape index (κ3) is 4.72. The lowest BCUT2D eigenvalue weighted by Gasteiger charge is -2.08. The zero-order valence-electron chi connectivity index (χ0n) is 9.75. The number of unbranched alkanes of at least 4 members (excludes halogenated alkanes) is 1. The Balaban J connectivity index is 1.95. The Morgan fingerprint density at radius 3 is 2.75 bits per heavy atom. The van der Waals surface area contributed by atoms with E-state index in [2.05, 4.69) is 17.6 Å². The van der Waals surface area contributed by atoms with E-state index in [1.54, 1.807) is 0 Å². The van der Waals surface area contributed by atoms with Crippen molar-refractivity contribution in [3.8, 4) is 0 Å². The number of carbonyl (C=O) groups is 2. The van der Waals surface area contributed by atoms with Crippen LogP contribution in [0.1, 0.15) is 32.6 Å². The summed E-state index contributed by atoms with van der Waals surface area (Å²) in [5.74, 6) is -0.404. The van der Waals surface area contributed by atoms with Crippen molar-refractivity contribution in [2.24, 2.45) is 0 Å². The molecular weight excluding hydrogens is 208 g/mol. The zero-order valence-corrected chi connectivity index (χ0v) is 9.75. The fourth-order valence-corrected chi connectivity index (χ4v) is 1.52. The summed E-state index contributed by atoms with van der Waals surface area (Å²) in [6, 6.07) is -0.344. The van der Waals surface area contributed by atoms with Crippen LogP contribution in [0, 0.1) is 0 Å². The van der Waals surface area contributed by atoms with Crippen molar-refractivity contribution in [3.63, 3.8) is 0 Å². The molecule has 0 saturated carbocycles. The van der Waals surface area contributed by atoms with Gasteiger partial charge >= 0.3 is 0 Å². The molecule has 5 heteroatoms. The number of imide groups is 1. The molecule has 0 spiro atoms. The smallest absolute Gasteiger partial charge is 0.244 e. The summed E-state index contributed by atoms with van der Waals surface area (Å²) in [6.07, 6.45) is 3.35. The summed E-state index contributed by atoms with van der Waals surface area (Å²) >= 11 is 0. The van der Waals surface area contributed by atoms with E-state index in [9.17, 15) is 9.59 Å². The van der Waals surface area contributed by atoms with Crippen molar-refractivity contribution < 1.29 is 14.3 Å². The van der Waals surface area contributed by atoms with Gasteiger partial charge in [0.1, 0.15) is 0 Å². The first-order chi connectivity index (χ1) is 7.74. The third-order valence-corrected chi connectivity index (χ3v) is 2.47. The van der Waals surface area contributed by atoms with Gasteiger partial charge in [0, 0.05) is 13.2 Å². The fraction of sp³-hybridized carbons (Fsp3) is 0.818. The maximum Gasteiger partial charge on any atom is 0.244 e. The number of hydrogen-bond acceptors (Lipinski definition) is 4. The van der Waals surface area contributed by atoms with Crippen molar-refractivity contribution in [2.75, 3.05) is 19.8 Å². The van der Waals surface area contributed by atoms with Gasteiger partial charge in [0.2, 0.25) is 11.8 Å². The average molecular weight is 228 g/mol. The summed E-state index contributed by atoms with van der Waals surface area (Å²) in [6.45, 7) is 4.34. The van der Waals surface area contributed by atoms with Crippen LogP contribution in [0.15, 0.2) is 0 Å². The highest BCUT2D eigenvalue weighted by molar-refractivity contribution is 6.05. The molecule has 92 valence electrons. The normalized spacial score (nSPS) is 20.2. The lowest BCUT2D eigenvalue weighted by Crippen LogP contribution is -2.37. The molecule has 5 nitrogen and oxygen atoms in total. The number of amides is 2. The van der Waals surface area contributed by atoms with Gasteiger partial charge in [-0.05, 0) is 19.4 Å². The summed E-state index contributed by atoms with van der Waals surface area (Å²) in [4.78, 5) is 22.0. The summed E-state index contributed by atoms with van der Waals surface area (Å²) in [7, 11) is 0. The van der Waals surface area contributed by atoms with Crippen molar-refractivity contribution >= 4 is 11.8 Å². The van der Waals surface area contributed by atoms with Crippen LogP contribution >= 0.6 is 0 Å². The molecule has 0 aromatic heterocycles. The molecule has 2 N–H and O–H groups in total. The molecule has 0 aromatic carbocycles. The number of nitrogens with one attached hydrogen (secondary N) is 2. The van der Waals surface area contributed by atoms with Crippen LogP contribution < -0.4 is 10.6 Å². The van der Waals surface area contributed by atoms with E-state index in [4.69, 9.17) is 4.74 Å². The van der Waals surface area contributed by atoms with Gasteiger partial charge in [0.25, 0.3) is 0 Å². The molecule has 1 aliphatic heterocycles. The molecule has 1 atom stereocenters. The first-order valence-electron chi connectivity index (χ1n) is 5.89. The maximum absolute atomic E-state index is 11.2. The van der Waals surface area contributed by atoms with E-state index in [0.717, 1.165) is 25.9 Å². The van der Waals surface area contributed by atoms with Gasteiger partial charge in [0.05, 0.1) is 12.5 Å². The lowest BCUT2D eigenvalue weighted by atomic mass is 10.2. The highest BCUT2D eigenvalue weighted by Crippen LogP contribution is 2.00. The van der Waals surface area contributed by atoms with Crippen LogP contribution in [0.5, 0.6) is 0 Å². The molecule has 16 heavy (non-hydrogen) atoms. The van der Waals surface area contributed by atoms with Gasteiger partial charge < -0.3 is 10.1 Å². The van der Waals surface area contributed by atoms with Crippen LogP contribution in [0.25, 0.3) is 0 Å². The van der Waals surface area contributed by atoms with Crippen molar-refractivity contribution in [1.82, 2.24) is 10.6 Å². The van der Waals surface area contributed by atoms with Crippen LogP contribution in [0.2, 0.25) is 0 Å². The van der Waals surface area contributed by atoms with E-state index in [0.29, 0.717) is 13.2 Å². The molecule has 1 rings (SSSR count). The Hall–Kier alpha value is -0.940. The minimum atomic E-state index is -0.344. The van der Waals surface area contributed by atoms with Gasteiger partial charge in [-0.2, -0.15) is 0 Å². The first kappa shape index (κ1) is 13.1. The molecule has 1 fully saturated rings. The molecule has 0 bridgehead atoms. The van der Waals surface area contributed by atoms with Gasteiger partial charge in [-0.25, -0.2) is 0 Å². The van der Waals surface area contributed by atoms with Gasteiger partial charge in [0.15, 0.2) is 0 Å². The molecular formula is C11H20N2O3. The first-order valence-corrected chi connectivity index (χ1v) is 5.89. The van der Waals surface area contributed by atoms with E-state index < -0.39 is 0 Å². The van der Waals surface area contributed by atoms with Gasteiger partial charge in [-0.3, -0.25) is 14.9 Å². The molecule has 0 aliphatic carbocycles. The van der Waals surface area contributed by atoms with Crippen LogP contribution in [-0.2, 0) is 14.3 Å².